The molecule has 1 saturated heterocycles. The summed E-state index contributed by atoms with van der Waals surface area (Å²) in [5, 5.41) is 17.6. The molecule has 3 rings (SSSR count). The van der Waals surface area contributed by atoms with Crippen molar-refractivity contribution in [1.82, 2.24) is 19.9 Å². The molecule has 1 fully saturated rings. The Morgan fingerprint density at radius 3 is 2.77 bits per heavy atom. The van der Waals surface area contributed by atoms with Crippen molar-refractivity contribution >= 4 is 34.6 Å². The van der Waals surface area contributed by atoms with Crippen LogP contribution in [0.4, 0.5) is 23.0 Å². The predicted octanol–water partition coefficient (Wildman–Crippen LogP) is 1.92. The Morgan fingerprint density at radius 2 is 2.04 bits per heavy atom. The maximum absolute atomic E-state index is 11.6. The van der Waals surface area contributed by atoms with Crippen molar-refractivity contribution in [2.45, 2.75) is 0 Å². The molecule has 11 heteroatoms. The largest absolute Gasteiger partial charge is 0.379 e. The normalized spacial score (nSPS) is 14.8. The smallest absolute Gasteiger partial charge is 0.353 e. The summed E-state index contributed by atoms with van der Waals surface area (Å²) < 4.78 is 5.30. The monoisotopic (exact) mass is 379 g/mol. The van der Waals surface area contributed by atoms with E-state index >= 15 is 0 Å². The molecule has 0 amide bonds. The van der Waals surface area contributed by atoms with Crippen LogP contribution in [0.1, 0.15) is 0 Å². The number of anilines is 3. The van der Waals surface area contributed by atoms with Gasteiger partial charge in [-0.1, -0.05) is 11.6 Å². The quantitative estimate of drug-likeness (QED) is 0.422. The highest BCUT2D eigenvalue weighted by molar-refractivity contribution is 6.32. The van der Waals surface area contributed by atoms with E-state index in [0.29, 0.717) is 25.4 Å². The number of ether oxygens (including phenoxy) is 1. The van der Waals surface area contributed by atoms with Crippen molar-refractivity contribution in [3.8, 4) is 0 Å². The lowest BCUT2D eigenvalue weighted by Crippen LogP contribution is -2.39. The molecule has 0 aliphatic carbocycles. The summed E-state index contributed by atoms with van der Waals surface area (Å²) >= 11 is 6.00. The van der Waals surface area contributed by atoms with Gasteiger partial charge in [0, 0.05) is 32.4 Å². The van der Waals surface area contributed by atoms with Gasteiger partial charge < -0.3 is 15.4 Å². The minimum atomic E-state index is -0.524. The summed E-state index contributed by atoms with van der Waals surface area (Å²) in [6.07, 6.45) is 2.79. The molecular formula is C15H18ClN7O3. The number of nitrogens with one attached hydrogen (secondary N) is 2. The Balaban J connectivity index is 1.73. The summed E-state index contributed by atoms with van der Waals surface area (Å²) in [4.78, 5) is 25.2. The standard InChI is InChI=1S/C15H18ClN7O3/c16-13-11(2-1-3-17-13)21-15-12(23(24)25)14(19-10-20-15)18-4-5-22-6-8-26-9-7-22/h1-3,10H,4-9H2,(H2,18,19,20,21). The van der Waals surface area contributed by atoms with Crippen LogP contribution in [0.15, 0.2) is 24.7 Å². The lowest BCUT2D eigenvalue weighted by atomic mass is 10.3. The third-order valence-electron chi connectivity index (χ3n) is 3.84. The first-order valence-electron chi connectivity index (χ1n) is 8.06. The number of rotatable bonds is 7. The number of nitro groups is 1. The lowest BCUT2D eigenvalue weighted by molar-refractivity contribution is -0.383. The Morgan fingerprint density at radius 1 is 1.27 bits per heavy atom. The van der Waals surface area contributed by atoms with Crippen molar-refractivity contribution in [2.24, 2.45) is 0 Å². The molecule has 0 bridgehead atoms. The minimum Gasteiger partial charge on any atom is -0.379 e. The lowest BCUT2D eigenvalue weighted by Gasteiger charge is -2.26. The van der Waals surface area contributed by atoms with Gasteiger partial charge in [-0.15, -0.1) is 0 Å². The van der Waals surface area contributed by atoms with Gasteiger partial charge in [0.25, 0.3) is 0 Å². The Kier molecular flexibility index (Phi) is 6.10. The Labute approximate surface area is 154 Å². The molecular weight excluding hydrogens is 362 g/mol. The van der Waals surface area contributed by atoms with E-state index < -0.39 is 4.92 Å². The van der Waals surface area contributed by atoms with Crippen molar-refractivity contribution in [2.75, 3.05) is 50.0 Å². The third kappa shape index (κ3) is 4.54. The molecule has 0 spiro atoms. The van der Waals surface area contributed by atoms with E-state index in [9.17, 15) is 10.1 Å². The van der Waals surface area contributed by atoms with Crippen LogP contribution in [0.5, 0.6) is 0 Å². The van der Waals surface area contributed by atoms with Crippen molar-refractivity contribution in [3.63, 3.8) is 0 Å². The van der Waals surface area contributed by atoms with Crippen molar-refractivity contribution in [1.29, 1.82) is 0 Å². The van der Waals surface area contributed by atoms with Crippen LogP contribution in [0.25, 0.3) is 0 Å². The number of hydrogen-bond acceptors (Lipinski definition) is 9. The van der Waals surface area contributed by atoms with Crippen molar-refractivity contribution in [3.05, 3.63) is 39.9 Å². The average Bonchev–Trinajstić information content (AvgIpc) is 2.64. The van der Waals surface area contributed by atoms with E-state index in [4.69, 9.17) is 16.3 Å². The molecule has 26 heavy (non-hydrogen) atoms. The molecule has 10 nitrogen and oxygen atoms in total. The fourth-order valence-corrected chi connectivity index (χ4v) is 2.70. The maximum Gasteiger partial charge on any atom is 0.353 e. The molecule has 138 valence electrons. The van der Waals surface area contributed by atoms with Gasteiger partial charge in [-0.25, -0.2) is 15.0 Å². The van der Waals surface area contributed by atoms with Crippen molar-refractivity contribution < 1.29 is 9.66 Å². The molecule has 0 aromatic carbocycles. The van der Waals surface area contributed by atoms with E-state index in [0.717, 1.165) is 19.6 Å². The number of morpholine rings is 1. The fraction of sp³-hybridized carbons (Fsp3) is 0.400. The highest BCUT2D eigenvalue weighted by Gasteiger charge is 2.23. The van der Waals surface area contributed by atoms with Crippen LogP contribution < -0.4 is 10.6 Å². The molecule has 2 aromatic rings. The summed E-state index contributed by atoms with van der Waals surface area (Å²) in [7, 11) is 0. The highest BCUT2D eigenvalue weighted by Crippen LogP contribution is 2.32. The zero-order chi connectivity index (χ0) is 18.4. The number of hydrogen-bond donors (Lipinski definition) is 2. The number of nitrogens with zero attached hydrogens (tertiary/aromatic N) is 5. The zero-order valence-electron chi connectivity index (χ0n) is 13.9. The van der Waals surface area contributed by atoms with Gasteiger partial charge in [0.2, 0.25) is 11.6 Å². The van der Waals surface area contributed by atoms with Crippen LogP contribution in [-0.4, -0.2) is 64.2 Å². The third-order valence-corrected chi connectivity index (χ3v) is 4.14. The predicted molar refractivity (Wildman–Crippen MR) is 97.0 cm³/mol. The topological polar surface area (TPSA) is 118 Å². The molecule has 0 saturated carbocycles. The summed E-state index contributed by atoms with van der Waals surface area (Å²) in [6.45, 7) is 4.35. The first-order chi connectivity index (χ1) is 12.6. The second kappa shape index (κ2) is 8.70. The van der Waals surface area contributed by atoms with Gasteiger partial charge in [-0.05, 0) is 12.1 Å². The van der Waals surface area contributed by atoms with Crippen LogP contribution in [0.3, 0.4) is 0 Å². The first-order valence-corrected chi connectivity index (χ1v) is 8.44. The van der Waals surface area contributed by atoms with Gasteiger partial charge in [0.05, 0.1) is 23.8 Å². The van der Waals surface area contributed by atoms with E-state index in [-0.39, 0.29) is 22.5 Å². The van der Waals surface area contributed by atoms with E-state index in [2.05, 4.69) is 30.5 Å². The summed E-state index contributed by atoms with van der Waals surface area (Å²) in [5.74, 6) is 0.203. The molecule has 0 atom stereocenters. The zero-order valence-corrected chi connectivity index (χ0v) is 14.6. The fourth-order valence-electron chi connectivity index (χ4n) is 2.54. The average molecular weight is 380 g/mol. The molecule has 0 radical (unpaired) electrons. The van der Waals surface area contributed by atoms with Gasteiger partial charge in [0.1, 0.15) is 6.33 Å². The first kappa shape index (κ1) is 18.2. The SMILES string of the molecule is O=[N+]([O-])c1c(NCCN2CCOCC2)ncnc1Nc1cccnc1Cl. The van der Waals surface area contributed by atoms with Gasteiger partial charge >= 0.3 is 5.69 Å². The number of aromatic nitrogens is 3. The summed E-state index contributed by atoms with van der Waals surface area (Å²) in [5.41, 5.74) is 0.185. The van der Waals surface area contributed by atoms with E-state index in [1.54, 1.807) is 12.1 Å². The second-order valence-corrected chi connectivity index (χ2v) is 5.88. The van der Waals surface area contributed by atoms with Gasteiger partial charge in [-0.3, -0.25) is 15.0 Å². The van der Waals surface area contributed by atoms with E-state index in [1.807, 2.05) is 0 Å². The van der Waals surface area contributed by atoms with Crippen LogP contribution in [-0.2, 0) is 4.74 Å². The molecule has 1 aliphatic rings. The Hall–Kier alpha value is -2.56. The van der Waals surface area contributed by atoms with E-state index in [1.165, 1.54) is 12.5 Å². The molecule has 2 aromatic heterocycles. The second-order valence-electron chi connectivity index (χ2n) is 5.52. The number of pyridine rings is 1. The number of halogens is 1. The van der Waals surface area contributed by atoms with Crippen LogP contribution in [0, 0.1) is 10.1 Å². The molecule has 1 aliphatic heterocycles. The van der Waals surface area contributed by atoms with Gasteiger partial charge in [0.15, 0.2) is 5.15 Å². The summed E-state index contributed by atoms with van der Waals surface area (Å²) in [6, 6.07) is 3.33. The minimum absolute atomic E-state index is 0.0498. The van der Waals surface area contributed by atoms with Crippen LogP contribution >= 0.6 is 11.6 Å². The Bertz CT molecular complexity index is 771. The maximum atomic E-state index is 11.6. The molecule has 2 N–H and O–H groups in total. The van der Waals surface area contributed by atoms with Crippen LogP contribution in [0.2, 0.25) is 5.15 Å². The van der Waals surface area contributed by atoms with Gasteiger partial charge in [-0.2, -0.15) is 0 Å². The molecule has 3 heterocycles. The molecule has 0 unspecified atom stereocenters. The highest BCUT2D eigenvalue weighted by atomic mass is 35.5.